The molecule has 2 aromatic carbocycles. The Hall–Kier alpha value is -2.05. The van der Waals surface area contributed by atoms with Crippen LogP contribution in [0.25, 0.3) is 0 Å². The molecule has 0 bridgehead atoms. The molecule has 0 unspecified atom stereocenters. The standard InChI is InChI=1S/C15H13ClN2O3S/c16-13-7-6-12(18(20)21)8-14(13)17-15(19)10-22-9-11-4-2-1-3-5-11/h1-8H,9-10H2,(H,17,19). The summed E-state index contributed by atoms with van der Waals surface area (Å²) < 4.78 is 0. The first-order chi connectivity index (χ1) is 10.6. The Bertz CT molecular complexity index is 680. The van der Waals surface area contributed by atoms with E-state index < -0.39 is 4.92 Å². The summed E-state index contributed by atoms with van der Waals surface area (Å²) in [6.45, 7) is 0. The van der Waals surface area contributed by atoms with E-state index in [2.05, 4.69) is 5.32 Å². The number of rotatable bonds is 6. The number of amides is 1. The smallest absolute Gasteiger partial charge is 0.271 e. The topological polar surface area (TPSA) is 72.2 Å². The van der Waals surface area contributed by atoms with Gasteiger partial charge in [0.15, 0.2) is 0 Å². The first kappa shape index (κ1) is 16.3. The summed E-state index contributed by atoms with van der Waals surface area (Å²) in [7, 11) is 0. The second-order valence-corrected chi connectivity index (χ2v) is 5.84. The molecule has 0 spiro atoms. The van der Waals surface area contributed by atoms with E-state index in [1.165, 1.54) is 30.0 Å². The maximum Gasteiger partial charge on any atom is 0.271 e. The number of nitrogens with zero attached hydrogens (tertiary/aromatic N) is 1. The molecule has 0 aliphatic rings. The van der Waals surface area contributed by atoms with Gasteiger partial charge in [0.1, 0.15) is 0 Å². The van der Waals surface area contributed by atoms with Gasteiger partial charge in [0.25, 0.3) is 5.69 Å². The maximum atomic E-state index is 11.9. The van der Waals surface area contributed by atoms with E-state index in [1.807, 2.05) is 30.3 Å². The first-order valence-corrected chi connectivity index (χ1v) is 7.95. The van der Waals surface area contributed by atoms with Gasteiger partial charge in [-0.05, 0) is 11.6 Å². The predicted molar refractivity (Wildman–Crippen MR) is 89.3 cm³/mol. The molecule has 22 heavy (non-hydrogen) atoms. The summed E-state index contributed by atoms with van der Waals surface area (Å²) in [4.78, 5) is 22.1. The lowest BCUT2D eigenvalue weighted by atomic mass is 10.2. The number of anilines is 1. The summed E-state index contributed by atoms with van der Waals surface area (Å²) in [6, 6.07) is 13.7. The van der Waals surface area contributed by atoms with Crippen molar-refractivity contribution in [2.45, 2.75) is 5.75 Å². The molecule has 2 aromatic rings. The zero-order valence-electron chi connectivity index (χ0n) is 11.5. The average Bonchev–Trinajstić information content (AvgIpc) is 2.50. The molecule has 0 aromatic heterocycles. The van der Waals surface area contributed by atoms with Crippen LogP contribution in [0.3, 0.4) is 0 Å². The summed E-state index contributed by atoms with van der Waals surface area (Å²) in [5.74, 6) is 0.716. The van der Waals surface area contributed by atoms with Crippen LogP contribution in [0.5, 0.6) is 0 Å². The molecule has 0 saturated heterocycles. The Kier molecular flexibility index (Phi) is 5.80. The fraction of sp³-hybridized carbons (Fsp3) is 0.133. The molecule has 1 amide bonds. The van der Waals surface area contributed by atoms with Crippen LogP contribution in [-0.2, 0) is 10.5 Å². The number of nitro groups is 1. The van der Waals surface area contributed by atoms with Crippen molar-refractivity contribution in [2.24, 2.45) is 0 Å². The molecular formula is C15H13ClN2O3S. The Balaban J connectivity index is 1.89. The third-order valence-corrected chi connectivity index (χ3v) is 4.11. The minimum absolute atomic E-state index is 0.114. The number of benzene rings is 2. The number of thioether (sulfide) groups is 1. The zero-order valence-corrected chi connectivity index (χ0v) is 13.1. The number of halogens is 1. The predicted octanol–water partition coefficient (Wildman–Crippen LogP) is 4.12. The van der Waals surface area contributed by atoms with Crippen LogP contribution in [-0.4, -0.2) is 16.6 Å². The van der Waals surface area contributed by atoms with E-state index in [1.54, 1.807) is 0 Å². The highest BCUT2D eigenvalue weighted by atomic mass is 35.5. The molecule has 0 fully saturated rings. The Morgan fingerprint density at radius 2 is 1.95 bits per heavy atom. The Morgan fingerprint density at radius 1 is 1.23 bits per heavy atom. The highest BCUT2D eigenvalue weighted by Crippen LogP contribution is 2.26. The van der Waals surface area contributed by atoms with E-state index in [4.69, 9.17) is 11.6 Å². The van der Waals surface area contributed by atoms with Crippen molar-refractivity contribution in [3.63, 3.8) is 0 Å². The largest absolute Gasteiger partial charge is 0.324 e. The van der Waals surface area contributed by atoms with Crippen molar-refractivity contribution in [3.05, 3.63) is 69.2 Å². The average molecular weight is 337 g/mol. The van der Waals surface area contributed by atoms with Crippen molar-refractivity contribution < 1.29 is 9.72 Å². The Labute approximate surface area is 136 Å². The van der Waals surface area contributed by atoms with E-state index in [0.29, 0.717) is 0 Å². The van der Waals surface area contributed by atoms with Gasteiger partial charge in [-0.15, -0.1) is 11.8 Å². The molecule has 7 heteroatoms. The van der Waals surface area contributed by atoms with Crippen molar-refractivity contribution in [1.29, 1.82) is 0 Å². The maximum absolute atomic E-state index is 11.9. The number of hydrogen-bond donors (Lipinski definition) is 1. The molecular weight excluding hydrogens is 324 g/mol. The van der Waals surface area contributed by atoms with Crippen LogP contribution in [0.15, 0.2) is 48.5 Å². The minimum Gasteiger partial charge on any atom is -0.324 e. The third kappa shape index (κ3) is 4.75. The molecule has 0 heterocycles. The van der Waals surface area contributed by atoms with Gasteiger partial charge in [-0.3, -0.25) is 14.9 Å². The number of carbonyl (C=O) groups excluding carboxylic acids is 1. The highest BCUT2D eigenvalue weighted by molar-refractivity contribution is 7.99. The highest BCUT2D eigenvalue weighted by Gasteiger charge is 2.12. The number of non-ortho nitro benzene ring substituents is 1. The third-order valence-electron chi connectivity index (χ3n) is 2.78. The summed E-state index contributed by atoms with van der Waals surface area (Å²) >= 11 is 7.39. The van der Waals surface area contributed by atoms with Crippen molar-refractivity contribution >= 4 is 40.6 Å². The van der Waals surface area contributed by atoms with Gasteiger partial charge < -0.3 is 5.32 Å². The summed E-state index contributed by atoms with van der Waals surface area (Å²) in [6.07, 6.45) is 0. The van der Waals surface area contributed by atoms with Crippen LogP contribution in [0, 0.1) is 10.1 Å². The van der Waals surface area contributed by atoms with Crippen LogP contribution in [0.1, 0.15) is 5.56 Å². The molecule has 0 saturated carbocycles. The van der Waals surface area contributed by atoms with Gasteiger partial charge in [-0.1, -0.05) is 41.9 Å². The first-order valence-electron chi connectivity index (χ1n) is 6.42. The molecule has 0 atom stereocenters. The van der Waals surface area contributed by atoms with Gasteiger partial charge in [-0.25, -0.2) is 0 Å². The van der Waals surface area contributed by atoms with Gasteiger partial charge >= 0.3 is 0 Å². The lowest BCUT2D eigenvalue weighted by Gasteiger charge is -2.07. The molecule has 0 aliphatic carbocycles. The lowest BCUT2D eigenvalue weighted by molar-refractivity contribution is -0.384. The molecule has 1 N–H and O–H groups in total. The molecule has 2 rings (SSSR count). The quantitative estimate of drug-likeness (QED) is 0.636. The van der Waals surface area contributed by atoms with E-state index in [9.17, 15) is 14.9 Å². The van der Waals surface area contributed by atoms with Crippen molar-refractivity contribution in [3.8, 4) is 0 Å². The number of nitrogens with one attached hydrogen (secondary N) is 1. The second kappa shape index (κ2) is 7.82. The SMILES string of the molecule is O=C(CSCc1ccccc1)Nc1cc([N+](=O)[O-])ccc1Cl. The Morgan fingerprint density at radius 3 is 2.64 bits per heavy atom. The van der Waals surface area contributed by atoms with E-state index in [0.717, 1.165) is 11.3 Å². The fourth-order valence-corrected chi connectivity index (χ4v) is 2.70. The lowest BCUT2D eigenvalue weighted by Crippen LogP contribution is -2.14. The van der Waals surface area contributed by atoms with E-state index >= 15 is 0 Å². The van der Waals surface area contributed by atoms with Crippen molar-refractivity contribution in [2.75, 3.05) is 11.1 Å². The summed E-state index contributed by atoms with van der Waals surface area (Å²) in [5.41, 5.74) is 1.27. The van der Waals surface area contributed by atoms with E-state index in [-0.39, 0.29) is 28.1 Å². The molecule has 0 radical (unpaired) electrons. The minimum atomic E-state index is -0.532. The molecule has 0 aliphatic heterocycles. The second-order valence-electron chi connectivity index (χ2n) is 4.45. The van der Waals surface area contributed by atoms with Gasteiger partial charge in [0.05, 0.1) is 21.4 Å². The van der Waals surface area contributed by atoms with Gasteiger partial charge in [0, 0.05) is 17.9 Å². The zero-order chi connectivity index (χ0) is 15.9. The fourth-order valence-electron chi connectivity index (χ4n) is 1.74. The van der Waals surface area contributed by atoms with Crippen LogP contribution < -0.4 is 5.32 Å². The normalized spacial score (nSPS) is 10.2. The monoisotopic (exact) mass is 336 g/mol. The summed E-state index contributed by atoms with van der Waals surface area (Å²) in [5, 5.41) is 13.6. The molecule has 5 nitrogen and oxygen atoms in total. The van der Waals surface area contributed by atoms with Crippen LogP contribution in [0.2, 0.25) is 5.02 Å². The van der Waals surface area contributed by atoms with Crippen LogP contribution >= 0.6 is 23.4 Å². The number of nitro benzene ring substituents is 1. The van der Waals surface area contributed by atoms with Crippen molar-refractivity contribution in [1.82, 2.24) is 0 Å². The van der Waals surface area contributed by atoms with Gasteiger partial charge in [0.2, 0.25) is 5.91 Å². The number of hydrogen-bond acceptors (Lipinski definition) is 4. The van der Waals surface area contributed by atoms with Crippen LogP contribution in [0.4, 0.5) is 11.4 Å². The molecule has 114 valence electrons. The number of carbonyl (C=O) groups is 1. The van der Waals surface area contributed by atoms with Gasteiger partial charge in [-0.2, -0.15) is 0 Å².